The second kappa shape index (κ2) is 5.69. The van der Waals surface area contributed by atoms with Gasteiger partial charge in [0.05, 0.1) is 16.3 Å². The normalized spacial score (nSPS) is 11.0. The van der Waals surface area contributed by atoms with Crippen LogP contribution < -0.4 is 5.43 Å². The molecule has 2 aromatic rings. The molecule has 0 saturated heterocycles. The molecular formula is C10H6Cl3N3S. The maximum Gasteiger partial charge on any atom is 0.166 e. The van der Waals surface area contributed by atoms with Gasteiger partial charge in [0, 0.05) is 4.88 Å². The molecule has 1 N–H and O–H groups in total. The van der Waals surface area contributed by atoms with Crippen molar-refractivity contribution in [2.24, 2.45) is 5.10 Å². The average Bonchev–Trinajstić information content (AvgIpc) is 2.78. The van der Waals surface area contributed by atoms with E-state index in [-0.39, 0.29) is 5.15 Å². The van der Waals surface area contributed by atoms with Crippen molar-refractivity contribution < 1.29 is 0 Å². The van der Waals surface area contributed by atoms with E-state index < -0.39 is 0 Å². The van der Waals surface area contributed by atoms with Gasteiger partial charge in [-0.1, -0.05) is 40.9 Å². The van der Waals surface area contributed by atoms with E-state index in [1.54, 1.807) is 17.6 Å². The van der Waals surface area contributed by atoms with Gasteiger partial charge in [-0.3, -0.25) is 5.43 Å². The summed E-state index contributed by atoms with van der Waals surface area (Å²) in [6, 6.07) is 5.40. The third-order valence-corrected chi connectivity index (χ3v) is 3.56. The summed E-state index contributed by atoms with van der Waals surface area (Å²) in [4.78, 5) is 4.99. The molecule has 17 heavy (non-hydrogen) atoms. The second-order valence-corrected chi connectivity index (χ2v) is 5.13. The van der Waals surface area contributed by atoms with Crippen LogP contribution in [0.3, 0.4) is 0 Å². The lowest BCUT2D eigenvalue weighted by molar-refractivity contribution is 1.23. The minimum absolute atomic E-state index is 0.185. The van der Waals surface area contributed by atoms with Gasteiger partial charge in [0.15, 0.2) is 5.82 Å². The average molecular weight is 307 g/mol. The molecule has 3 nitrogen and oxygen atoms in total. The maximum atomic E-state index is 5.92. The quantitative estimate of drug-likeness (QED) is 0.513. The van der Waals surface area contributed by atoms with Crippen molar-refractivity contribution in [3.63, 3.8) is 0 Å². The Morgan fingerprint density at radius 2 is 2.12 bits per heavy atom. The van der Waals surface area contributed by atoms with E-state index in [2.05, 4.69) is 15.5 Å². The standard InChI is InChI=1S/C10H6Cl3N3S/c11-7-4-8(12)10(15-9(7)13)16-14-5-6-2-1-3-17-6/h1-5H,(H,15,16)/b14-5-. The lowest BCUT2D eigenvalue weighted by Gasteiger charge is -2.03. The Morgan fingerprint density at radius 3 is 2.82 bits per heavy atom. The first kappa shape index (κ1) is 12.6. The van der Waals surface area contributed by atoms with Crippen LogP contribution in [0, 0.1) is 0 Å². The van der Waals surface area contributed by atoms with E-state index in [9.17, 15) is 0 Å². The molecule has 0 radical (unpaired) electrons. The van der Waals surface area contributed by atoms with Crippen LogP contribution in [-0.2, 0) is 0 Å². The van der Waals surface area contributed by atoms with Crippen molar-refractivity contribution in [3.05, 3.63) is 43.7 Å². The first-order valence-electron chi connectivity index (χ1n) is 4.51. The summed E-state index contributed by atoms with van der Waals surface area (Å²) in [5, 5.41) is 6.82. The molecule has 0 bridgehead atoms. The Bertz CT molecular complexity index is 540. The molecule has 0 atom stereocenters. The summed E-state index contributed by atoms with van der Waals surface area (Å²) < 4.78 is 0. The summed E-state index contributed by atoms with van der Waals surface area (Å²) in [7, 11) is 0. The predicted molar refractivity (Wildman–Crippen MR) is 74.8 cm³/mol. The van der Waals surface area contributed by atoms with E-state index >= 15 is 0 Å². The van der Waals surface area contributed by atoms with Gasteiger partial charge in [0.1, 0.15) is 5.15 Å². The molecule has 0 amide bonds. The lowest BCUT2D eigenvalue weighted by atomic mass is 10.4. The van der Waals surface area contributed by atoms with E-state index in [1.807, 2.05) is 17.5 Å². The van der Waals surface area contributed by atoms with E-state index in [0.717, 1.165) is 4.88 Å². The molecule has 0 aliphatic rings. The van der Waals surface area contributed by atoms with Gasteiger partial charge in [-0.05, 0) is 17.5 Å². The fourth-order valence-electron chi connectivity index (χ4n) is 1.04. The third kappa shape index (κ3) is 3.33. The van der Waals surface area contributed by atoms with Gasteiger partial charge < -0.3 is 0 Å². The molecule has 0 fully saturated rings. The molecule has 2 aromatic heterocycles. The zero-order valence-corrected chi connectivity index (χ0v) is 11.4. The summed E-state index contributed by atoms with van der Waals surface area (Å²) in [6.45, 7) is 0. The molecule has 0 aliphatic carbocycles. The number of nitrogens with one attached hydrogen (secondary N) is 1. The molecule has 2 heterocycles. The minimum atomic E-state index is 0.185. The minimum Gasteiger partial charge on any atom is -0.260 e. The molecule has 0 aliphatic heterocycles. The van der Waals surface area contributed by atoms with Crippen LogP contribution in [0.1, 0.15) is 4.88 Å². The predicted octanol–water partition coefficient (Wildman–Crippen LogP) is 4.55. The Labute approximate surface area is 117 Å². The van der Waals surface area contributed by atoms with Gasteiger partial charge in [-0.25, -0.2) is 4.98 Å². The van der Waals surface area contributed by atoms with Crippen LogP contribution in [0.15, 0.2) is 28.7 Å². The SMILES string of the molecule is Clc1cc(Cl)c(N/N=C\c2cccs2)nc1Cl. The molecule has 88 valence electrons. The van der Waals surface area contributed by atoms with Crippen molar-refractivity contribution in [1.82, 2.24) is 4.98 Å². The Balaban J connectivity index is 2.11. The number of aromatic nitrogens is 1. The fraction of sp³-hybridized carbons (Fsp3) is 0. The Morgan fingerprint density at radius 1 is 1.29 bits per heavy atom. The van der Waals surface area contributed by atoms with Crippen LogP contribution in [0.25, 0.3) is 0 Å². The number of anilines is 1. The van der Waals surface area contributed by atoms with Crippen molar-refractivity contribution in [1.29, 1.82) is 0 Å². The van der Waals surface area contributed by atoms with Crippen molar-refractivity contribution >= 4 is 58.2 Å². The summed E-state index contributed by atoms with van der Waals surface area (Å²) in [6.07, 6.45) is 1.67. The lowest BCUT2D eigenvalue weighted by Crippen LogP contribution is -1.94. The van der Waals surface area contributed by atoms with E-state index in [0.29, 0.717) is 15.9 Å². The number of nitrogens with zero attached hydrogens (tertiary/aromatic N) is 2. The maximum absolute atomic E-state index is 5.92. The second-order valence-electron chi connectivity index (χ2n) is 2.98. The zero-order chi connectivity index (χ0) is 12.3. The number of halogens is 3. The Hall–Kier alpha value is -0.810. The topological polar surface area (TPSA) is 37.3 Å². The molecule has 0 unspecified atom stereocenters. The molecule has 0 aromatic carbocycles. The third-order valence-electron chi connectivity index (χ3n) is 1.79. The zero-order valence-electron chi connectivity index (χ0n) is 8.32. The number of pyridine rings is 1. The molecule has 0 saturated carbocycles. The largest absolute Gasteiger partial charge is 0.260 e. The number of thiophene rings is 1. The van der Waals surface area contributed by atoms with Gasteiger partial charge in [-0.15, -0.1) is 11.3 Å². The van der Waals surface area contributed by atoms with Crippen LogP contribution in [-0.4, -0.2) is 11.2 Å². The summed E-state index contributed by atoms with van der Waals surface area (Å²) in [5.41, 5.74) is 2.71. The van der Waals surface area contributed by atoms with Crippen molar-refractivity contribution in [3.8, 4) is 0 Å². The highest BCUT2D eigenvalue weighted by Gasteiger charge is 2.06. The number of hydrogen-bond donors (Lipinski definition) is 1. The first-order valence-corrected chi connectivity index (χ1v) is 6.52. The highest BCUT2D eigenvalue weighted by molar-refractivity contribution is 7.11. The molecular weight excluding hydrogens is 301 g/mol. The number of hydrogen-bond acceptors (Lipinski definition) is 4. The monoisotopic (exact) mass is 305 g/mol. The number of rotatable bonds is 3. The van der Waals surface area contributed by atoms with Gasteiger partial charge in [0.25, 0.3) is 0 Å². The van der Waals surface area contributed by atoms with Crippen molar-refractivity contribution in [2.75, 3.05) is 5.43 Å². The molecule has 7 heteroatoms. The highest BCUT2D eigenvalue weighted by Crippen LogP contribution is 2.28. The van der Waals surface area contributed by atoms with Gasteiger partial charge in [0.2, 0.25) is 0 Å². The van der Waals surface area contributed by atoms with Crippen LogP contribution in [0.5, 0.6) is 0 Å². The van der Waals surface area contributed by atoms with E-state index in [4.69, 9.17) is 34.8 Å². The Kier molecular flexibility index (Phi) is 4.23. The van der Waals surface area contributed by atoms with Crippen LogP contribution >= 0.6 is 46.1 Å². The smallest absolute Gasteiger partial charge is 0.166 e. The van der Waals surface area contributed by atoms with E-state index in [1.165, 1.54) is 6.07 Å². The fourth-order valence-corrected chi connectivity index (χ4v) is 2.17. The van der Waals surface area contributed by atoms with Gasteiger partial charge in [-0.2, -0.15) is 5.10 Å². The summed E-state index contributed by atoms with van der Waals surface area (Å²) >= 11 is 19.0. The van der Waals surface area contributed by atoms with Crippen LogP contribution in [0.2, 0.25) is 15.2 Å². The molecule has 0 spiro atoms. The summed E-state index contributed by atoms with van der Waals surface area (Å²) in [5.74, 6) is 0.369. The van der Waals surface area contributed by atoms with Crippen molar-refractivity contribution in [2.45, 2.75) is 0 Å². The molecule has 2 rings (SSSR count). The van der Waals surface area contributed by atoms with Crippen LogP contribution in [0.4, 0.5) is 5.82 Å². The number of hydrazone groups is 1. The van der Waals surface area contributed by atoms with Gasteiger partial charge >= 0.3 is 0 Å². The first-order chi connectivity index (χ1) is 8.16. The highest BCUT2D eigenvalue weighted by atomic mass is 35.5.